The van der Waals surface area contributed by atoms with Crippen molar-refractivity contribution in [3.05, 3.63) is 23.8 Å². The smallest absolute Gasteiger partial charge is 0.231 e. The van der Waals surface area contributed by atoms with E-state index < -0.39 is 0 Å². The van der Waals surface area contributed by atoms with Crippen LogP contribution in [-0.4, -0.2) is 36.2 Å². The molecule has 0 radical (unpaired) electrons. The Hall–Kier alpha value is -1.46. The Labute approximate surface area is 168 Å². The van der Waals surface area contributed by atoms with E-state index in [0.29, 0.717) is 24.5 Å². The second kappa shape index (κ2) is 9.16. The van der Waals surface area contributed by atoms with Crippen LogP contribution in [0, 0.1) is 5.92 Å². The van der Waals surface area contributed by atoms with E-state index in [1.54, 1.807) is 0 Å². The van der Waals surface area contributed by atoms with Crippen molar-refractivity contribution >= 4 is 18.3 Å². The highest BCUT2D eigenvalue weighted by molar-refractivity contribution is 5.85. The van der Waals surface area contributed by atoms with Gasteiger partial charge in [-0.1, -0.05) is 25.3 Å². The minimum absolute atomic E-state index is 0. The van der Waals surface area contributed by atoms with E-state index in [0.717, 1.165) is 49.3 Å². The highest BCUT2D eigenvalue weighted by Crippen LogP contribution is 2.34. The molecule has 1 aliphatic carbocycles. The van der Waals surface area contributed by atoms with Gasteiger partial charge in [-0.05, 0) is 56.8 Å². The molecule has 1 N–H and O–H groups in total. The number of piperidine rings is 1. The monoisotopic (exact) mass is 394 g/mol. The van der Waals surface area contributed by atoms with Crippen molar-refractivity contribution < 1.29 is 14.3 Å². The zero-order valence-corrected chi connectivity index (χ0v) is 16.9. The van der Waals surface area contributed by atoms with Gasteiger partial charge in [0, 0.05) is 24.5 Å². The molecule has 3 aliphatic rings. The highest BCUT2D eigenvalue weighted by Gasteiger charge is 2.33. The Morgan fingerprint density at radius 1 is 1.15 bits per heavy atom. The van der Waals surface area contributed by atoms with E-state index in [-0.39, 0.29) is 25.1 Å². The van der Waals surface area contributed by atoms with E-state index in [9.17, 15) is 4.79 Å². The predicted molar refractivity (Wildman–Crippen MR) is 107 cm³/mol. The van der Waals surface area contributed by atoms with Crippen LogP contribution in [-0.2, 0) is 11.3 Å². The zero-order chi connectivity index (χ0) is 17.9. The van der Waals surface area contributed by atoms with Crippen molar-refractivity contribution in [2.45, 2.75) is 70.5 Å². The second-order valence-electron chi connectivity index (χ2n) is 8.02. The van der Waals surface area contributed by atoms with Crippen LogP contribution >= 0.6 is 12.4 Å². The Kier molecular flexibility index (Phi) is 6.88. The number of halogens is 1. The summed E-state index contributed by atoms with van der Waals surface area (Å²) in [5.74, 6) is 2.11. The fraction of sp³-hybridized carbons (Fsp3) is 0.667. The lowest BCUT2D eigenvalue weighted by molar-refractivity contribution is -0.140. The van der Waals surface area contributed by atoms with Crippen LogP contribution in [0.25, 0.3) is 0 Å². The number of amides is 1. The maximum atomic E-state index is 13.4. The van der Waals surface area contributed by atoms with Crippen molar-refractivity contribution in [1.29, 1.82) is 0 Å². The summed E-state index contributed by atoms with van der Waals surface area (Å²) in [5.41, 5.74) is 1.13. The first-order chi connectivity index (χ1) is 12.7. The van der Waals surface area contributed by atoms with Gasteiger partial charge in [-0.15, -0.1) is 12.4 Å². The van der Waals surface area contributed by atoms with Crippen molar-refractivity contribution in [2.75, 3.05) is 13.3 Å². The SMILES string of the molecule is C[C@H]1C[C@@H](C(=O)N(Cc2ccc3c(c2)OCO3)C2CCCCC2)CCN1.Cl. The molecule has 0 aromatic heterocycles. The first-order valence-corrected chi connectivity index (χ1v) is 10.1. The van der Waals surface area contributed by atoms with Crippen LogP contribution in [0.4, 0.5) is 0 Å². The maximum Gasteiger partial charge on any atom is 0.231 e. The highest BCUT2D eigenvalue weighted by atomic mass is 35.5. The summed E-state index contributed by atoms with van der Waals surface area (Å²) >= 11 is 0. The molecule has 1 saturated carbocycles. The van der Waals surface area contributed by atoms with Gasteiger partial charge >= 0.3 is 0 Å². The molecule has 1 amide bonds. The third kappa shape index (κ3) is 4.69. The van der Waals surface area contributed by atoms with E-state index in [2.05, 4.69) is 23.2 Å². The summed E-state index contributed by atoms with van der Waals surface area (Å²) < 4.78 is 10.9. The van der Waals surface area contributed by atoms with Crippen molar-refractivity contribution in [1.82, 2.24) is 10.2 Å². The molecule has 0 unspecified atom stereocenters. The number of nitrogens with one attached hydrogen (secondary N) is 1. The van der Waals surface area contributed by atoms with Crippen LogP contribution in [0.2, 0.25) is 0 Å². The molecule has 1 aromatic rings. The number of rotatable bonds is 4. The van der Waals surface area contributed by atoms with Crippen molar-refractivity contribution in [3.63, 3.8) is 0 Å². The standard InChI is InChI=1S/C21H30N2O3.ClH/c1-15-11-17(9-10-22-15)21(24)23(18-5-3-2-4-6-18)13-16-7-8-19-20(12-16)26-14-25-19;/h7-8,12,15,17-18,22H,2-6,9-11,13-14H2,1H3;1H/t15-,17-;/m0./s1. The van der Waals surface area contributed by atoms with Gasteiger partial charge < -0.3 is 19.7 Å². The average Bonchev–Trinajstić information content (AvgIpc) is 3.14. The lowest BCUT2D eigenvalue weighted by atomic mass is 9.88. The number of nitrogens with zero attached hydrogens (tertiary/aromatic N) is 1. The van der Waals surface area contributed by atoms with Crippen molar-refractivity contribution in [2.24, 2.45) is 5.92 Å². The molecule has 1 saturated heterocycles. The number of hydrogen-bond acceptors (Lipinski definition) is 4. The van der Waals surface area contributed by atoms with Crippen LogP contribution in [0.3, 0.4) is 0 Å². The topological polar surface area (TPSA) is 50.8 Å². The van der Waals surface area contributed by atoms with Gasteiger partial charge in [0.1, 0.15) is 0 Å². The molecule has 6 heteroatoms. The van der Waals surface area contributed by atoms with Gasteiger partial charge in [0.05, 0.1) is 0 Å². The first-order valence-electron chi connectivity index (χ1n) is 10.1. The molecule has 0 bridgehead atoms. The molecule has 0 spiro atoms. The Morgan fingerprint density at radius 2 is 1.93 bits per heavy atom. The molecule has 27 heavy (non-hydrogen) atoms. The summed E-state index contributed by atoms with van der Waals surface area (Å²) in [4.78, 5) is 15.6. The summed E-state index contributed by atoms with van der Waals surface area (Å²) in [6.45, 7) is 4.10. The number of carbonyl (C=O) groups excluding carboxylic acids is 1. The van der Waals surface area contributed by atoms with Crippen molar-refractivity contribution in [3.8, 4) is 11.5 Å². The molecule has 2 atom stereocenters. The Bertz CT molecular complexity index is 648. The van der Waals surface area contributed by atoms with Gasteiger partial charge in [0.15, 0.2) is 11.5 Å². The number of ether oxygens (including phenoxy) is 2. The van der Waals surface area contributed by atoms with E-state index >= 15 is 0 Å². The summed E-state index contributed by atoms with van der Waals surface area (Å²) in [7, 11) is 0. The Morgan fingerprint density at radius 3 is 2.70 bits per heavy atom. The van der Waals surface area contributed by atoms with Gasteiger partial charge in [-0.3, -0.25) is 4.79 Å². The quantitative estimate of drug-likeness (QED) is 0.841. The number of fused-ring (bicyclic) bond motifs is 1. The van der Waals surface area contributed by atoms with Gasteiger partial charge in [0.2, 0.25) is 12.7 Å². The molecule has 2 fully saturated rings. The van der Waals surface area contributed by atoms with E-state index in [1.165, 1.54) is 19.3 Å². The Balaban J connectivity index is 0.00000210. The molecule has 4 rings (SSSR count). The van der Waals surface area contributed by atoms with Crippen LogP contribution in [0.5, 0.6) is 11.5 Å². The number of carbonyl (C=O) groups is 1. The maximum absolute atomic E-state index is 13.4. The first kappa shape index (κ1) is 20.3. The predicted octanol–water partition coefficient (Wildman–Crippen LogP) is 3.89. The fourth-order valence-corrected chi connectivity index (χ4v) is 4.61. The summed E-state index contributed by atoms with van der Waals surface area (Å²) in [6, 6.07) is 6.88. The van der Waals surface area contributed by atoms with Crippen LogP contribution in [0.15, 0.2) is 18.2 Å². The largest absolute Gasteiger partial charge is 0.454 e. The third-order valence-corrected chi connectivity index (χ3v) is 6.06. The summed E-state index contributed by atoms with van der Waals surface area (Å²) in [5, 5.41) is 3.46. The van der Waals surface area contributed by atoms with E-state index in [1.807, 2.05) is 12.1 Å². The van der Waals surface area contributed by atoms with E-state index in [4.69, 9.17) is 9.47 Å². The summed E-state index contributed by atoms with van der Waals surface area (Å²) in [6.07, 6.45) is 7.94. The fourth-order valence-electron chi connectivity index (χ4n) is 4.61. The molecule has 2 heterocycles. The van der Waals surface area contributed by atoms with Gasteiger partial charge in [-0.2, -0.15) is 0 Å². The molecule has 2 aliphatic heterocycles. The minimum Gasteiger partial charge on any atom is -0.454 e. The van der Waals surface area contributed by atoms with Gasteiger partial charge in [-0.25, -0.2) is 0 Å². The third-order valence-electron chi connectivity index (χ3n) is 6.06. The molecular formula is C21H31ClN2O3. The average molecular weight is 395 g/mol. The molecule has 1 aromatic carbocycles. The van der Waals surface area contributed by atoms with Crippen LogP contribution in [0.1, 0.15) is 57.4 Å². The minimum atomic E-state index is 0. The molecule has 5 nitrogen and oxygen atoms in total. The number of benzene rings is 1. The van der Waals surface area contributed by atoms with Gasteiger partial charge in [0.25, 0.3) is 0 Å². The lowest BCUT2D eigenvalue weighted by Gasteiger charge is -2.38. The molecular weight excluding hydrogens is 364 g/mol. The van der Waals surface area contributed by atoms with Crippen LogP contribution < -0.4 is 14.8 Å². The second-order valence-corrected chi connectivity index (χ2v) is 8.02. The lowest BCUT2D eigenvalue weighted by Crippen LogP contribution is -2.48. The number of hydrogen-bond donors (Lipinski definition) is 1. The zero-order valence-electron chi connectivity index (χ0n) is 16.1. The normalized spacial score (nSPS) is 24.9. The molecule has 150 valence electrons.